The summed E-state index contributed by atoms with van der Waals surface area (Å²) in [6, 6.07) is 5.55. The van der Waals surface area contributed by atoms with E-state index in [4.69, 9.17) is 9.47 Å². The molecule has 1 aliphatic rings. The lowest BCUT2D eigenvalue weighted by molar-refractivity contribution is 0.0119. The van der Waals surface area contributed by atoms with Gasteiger partial charge in [0.2, 0.25) is 0 Å². The van der Waals surface area contributed by atoms with Crippen LogP contribution in [0, 0.1) is 0 Å². The van der Waals surface area contributed by atoms with Crippen molar-refractivity contribution in [3.05, 3.63) is 23.8 Å². The minimum atomic E-state index is -0.819. The molecular formula is C13H19NO3. The molecular weight excluding hydrogens is 218 g/mol. The van der Waals surface area contributed by atoms with Gasteiger partial charge in [0.15, 0.2) is 0 Å². The van der Waals surface area contributed by atoms with Gasteiger partial charge in [-0.2, -0.15) is 0 Å². The average molecular weight is 237 g/mol. The maximum atomic E-state index is 10.6. The molecule has 4 nitrogen and oxygen atoms in total. The van der Waals surface area contributed by atoms with Crippen LogP contribution in [0.3, 0.4) is 0 Å². The van der Waals surface area contributed by atoms with Crippen LogP contribution in [-0.4, -0.2) is 32.4 Å². The van der Waals surface area contributed by atoms with Crippen LogP contribution in [0.5, 0.6) is 11.5 Å². The van der Waals surface area contributed by atoms with E-state index in [1.54, 1.807) is 14.2 Å². The Balaban J connectivity index is 2.35. The Morgan fingerprint density at radius 1 is 1.18 bits per heavy atom. The standard InChI is InChI=1S/C13H19NO3/c1-16-11-6-10(7-12(8-11)17-2)13(15)4-3-5-14-9-13/h6-8,14-15H,3-5,9H2,1-2H3. The molecule has 0 aromatic heterocycles. The Morgan fingerprint density at radius 3 is 2.29 bits per heavy atom. The van der Waals surface area contributed by atoms with Crippen LogP contribution >= 0.6 is 0 Å². The zero-order valence-corrected chi connectivity index (χ0v) is 10.3. The summed E-state index contributed by atoms with van der Waals surface area (Å²) >= 11 is 0. The maximum absolute atomic E-state index is 10.6. The predicted molar refractivity (Wildman–Crippen MR) is 65.5 cm³/mol. The zero-order valence-electron chi connectivity index (χ0n) is 10.3. The van der Waals surface area contributed by atoms with Crippen LogP contribution in [0.25, 0.3) is 0 Å². The van der Waals surface area contributed by atoms with Crippen LogP contribution in [0.2, 0.25) is 0 Å². The second-order valence-corrected chi connectivity index (χ2v) is 4.41. The summed E-state index contributed by atoms with van der Waals surface area (Å²) in [4.78, 5) is 0. The first-order chi connectivity index (χ1) is 8.18. The van der Waals surface area contributed by atoms with Crippen molar-refractivity contribution in [1.29, 1.82) is 0 Å². The minimum Gasteiger partial charge on any atom is -0.497 e. The first kappa shape index (κ1) is 12.2. The summed E-state index contributed by atoms with van der Waals surface area (Å²) in [5.74, 6) is 1.41. The Bertz CT molecular complexity index is 364. The summed E-state index contributed by atoms with van der Waals surface area (Å²) in [7, 11) is 3.23. The molecule has 0 saturated carbocycles. The van der Waals surface area contributed by atoms with E-state index in [-0.39, 0.29) is 0 Å². The number of piperidine rings is 1. The van der Waals surface area contributed by atoms with Crippen molar-refractivity contribution < 1.29 is 14.6 Å². The summed E-state index contributed by atoms with van der Waals surface area (Å²) in [6.45, 7) is 1.53. The Hall–Kier alpha value is -1.26. The van der Waals surface area contributed by atoms with E-state index in [0.29, 0.717) is 18.0 Å². The van der Waals surface area contributed by atoms with Gasteiger partial charge in [0.05, 0.1) is 14.2 Å². The van der Waals surface area contributed by atoms with Gasteiger partial charge in [0, 0.05) is 12.6 Å². The van der Waals surface area contributed by atoms with Gasteiger partial charge in [-0.05, 0) is 37.1 Å². The molecule has 1 aromatic rings. The van der Waals surface area contributed by atoms with Crippen molar-refractivity contribution in [2.24, 2.45) is 0 Å². The highest BCUT2D eigenvalue weighted by Crippen LogP contribution is 2.33. The van der Waals surface area contributed by atoms with Crippen LogP contribution in [0.4, 0.5) is 0 Å². The highest BCUT2D eigenvalue weighted by Gasteiger charge is 2.31. The minimum absolute atomic E-state index is 0.573. The molecule has 0 amide bonds. The molecule has 1 unspecified atom stereocenters. The molecule has 1 atom stereocenters. The lowest BCUT2D eigenvalue weighted by Crippen LogP contribution is -2.43. The first-order valence-corrected chi connectivity index (χ1v) is 5.84. The fourth-order valence-electron chi connectivity index (χ4n) is 2.21. The molecule has 0 radical (unpaired) electrons. The average Bonchev–Trinajstić information content (AvgIpc) is 2.39. The number of nitrogens with one attached hydrogen (secondary N) is 1. The molecule has 1 aliphatic heterocycles. The highest BCUT2D eigenvalue weighted by molar-refractivity contribution is 5.41. The van der Waals surface area contributed by atoms with Crippen LogP contribution < -0.4 is 14.8 Å². The van der Waals surface area contributed by atoms with Gasteiger partial charge in [-0.3, -0.25) is 0 Å². The number of methoxy groups -OCH3 is 2. The van der Waals surface area contributed by atoms with E-state index < -0.39 is 5.60 Å². The zero-order chi connectivity index (χ0) is 12.3. The van der Waals surface area contributed by atoms with Gasteiger partial charge in [-0.25, -0.2) is 0 Å². The maximum Gasteiger partial charge on any atom is 0.122 e. The molecule has 4 heteroatoms. The molecule has 0 aliphatic carbocycles. The third-order valence-corrected chi connectivity index (χ3v) is 3.25. The number of hydrogen-bond acceptors (Lipinski definition) is 4. The van der Waals surface area contributed by atoms with E-state index >= 15 is 0 Å². The van der Waals surface area contributed by atoms with Crippen molar-refractivity contribution >= 4 is 0 Å². The molecule has 0 spiro atoms. The molecule has 1 saturated heterocycles. The second kappa shape index (κ2) is 4.94. The van der Waals surface area contributed by atoms with E-state index in [1.165, 1.54) is 0 Å². The van der Waals surface area contributed by atoms with Crippen molar-refractivity contribution in [3.8, 4) is 11.5 Å². The number of benzene rings is 1. The van der Waals surface area contributed by atoms with Gasteiger partial charge < -0.3 is 19.9 Å². The molecule has 1 fully saturated rings. The number of hydrogen-bond donors (Lipinski definition) is 2. The summed E-state index contributed by atoms with van der Waals surface area (Å²) < 4.78 is 10.4. The summed E-state index contributed by atoms with van der Waals surface area (Å²) in [6.07, 6.45) is 1.73. The lowest BCUT2D eigenvalue weighted by atomic mass is 9.86. The normalized spacial score (nSPS) is 24.4. The fraction of sp³-hybridized carbons (Fsp3) is 0.538. The molecule has 2 N–H and O–H groups in total. The Kier molecular flexibility index (Phi) is 3.54. The van der Waals surface area contributed by atoms with Gasteiger partial charge in [-0.15, -0.1) is 0 Å². The third-order valence-electron chi connectivity index (χ3n) is 3.25. The number of β-amino-alcohol motifs (C(OH)–C–C–N with tert-alkyl or cyclic N) is 1. The summed E-state index contributed by atoms with van der Waals surface area (Å²) in [5, 5.41) is 13.8. The van der Waals surface area contributed by atoms with Crippen molar-refractivity contribution in [2.75, 3.05) is 27.3 Å². The quantitative estimate of drug-likeness (QED) is 0.831. The predicted octanol–water partition coefficient (Wildman–Crippen LogP) is 1.27. The number of aliphatic hydroxyl groups is 1. The topological polar surface area (TPSA) is 50.7 Å². The number of ether oxygens (including phenoxy) is 2. The van der Waals surface area contributed by atoms with Crippen LogP contribution in [-0.2, 0) is 5.60 Å². The van der Waals surface area contributed by atoms with Gasteiger partial charge in [-0.1, -0.05) is 0 Å². The van der Waals surface area contributed by atoms with Gasteiger partial charge >= 0.3 is 0 Å². The Labute approximate surface area is 102 Å². The van der Waals surface area contributed by atoms with E-state index in [2.05, 4.69) is 5.32 Å². The monoisotopic (exact) mass is 237 g/mol. The van der Waals surface area contributed by atoms with Crippen molar-refractivity contribution in [1.82, 2.24) is 5.32 Å². The Morgan fingerprint density at radius 2 is 1.82 bits per heavy atom. The van der Waals surface area contributed by atoms with Crippen LogP contribution in [0.15, 0.2) is 18.2 Å². The second-order valence-electron chi connectivity index (χ2n) is 4.41. The van der Waals surface area contributed by atoms with Crippen molar-refractivity contribution in [2.45, 2.75) is 18.4 Å². The van der Waals surface area contributed by atoms with Gasteiger partial charge in [0.25, 0.3) is 0 Å². The largest absolute Gasteiger partial charge is 0.497 e. The number of rotatable bonds is 3. The van der Waals surface area contributed by atoms with E-state index in [9.17, 15) is 5.11 Å². The van der Waals surface area contributed by atoms with E-state index in [1.807, 2.05) is 18.2 Å². The third kappa shape index (κ3) is 2.53. The first-order valence-electron chi connectivity index (χ1n) is 5.84. The van der Waals surface area contributed by atoms with Crippen LogP contribution in [0.1, 0.15) is 18.4 Å². The molecule has 94 valence electrons. The molecule has 0 bridgehead atoms. The fourth-order valence-corrected chi connectivity index (χ4v) is 2.21. The smallest absolute Gasteiger partial charge is 0.122 e. The van der Waals surface area contributed by atoms with Gasteiger partial charge in [0.1, 0.15) is 17.1 Å². The molecule has 17 heavy (non-hydrogen) atoms. The van der Waals surface area contributed by atoms with Crippen molar-refractivity contribution in [3.63, 3.8) is 0 Å². The summed E-state index contributed by atoms with van der Waals surface area (Å²) in [5.41, 5.74) is 0.0287. The SMILES string of the molecule is COc1cc(OC)cc(C2(O)CCCNC2)c1. The molecule has 2 rings (SSSR count). The molecule has 1 heterocycles. The van der Waals surface area contributed by atoms with E-state index in [0.717, 1.165) is 24.9 Å². The molecule has 1 aromatic carbocycles. The highest BCUT2D eigenvalue weighted by atomic mass is 16.5. The lowest BCUT2D eigenvalue weighted by Gasteiger charge is -2.33.